The first-order valence-corrected chi connectivity index (χ1v) is 9.42. The van der Waals surface area contributed by atoms with Crippen molar-refractivity contribution in [3.63, 3.8) is 0 Å². The van der Waals surface area contributed by atoms with Crippen LogP contribution >= 0.6 is 0 Å². The maximum atomic E-state index is 5.96. The second-order valence-corrected chi connectivity index (χ2v) is 6.63. The van der Waals surface area contributed by atoms with Gasteiger partial charge >= 0.3 is 0 Å². The summed E-state index contributed by atoms with van der Waals surface area (Å²) in [6.45, 7) is 3.21. The van der Waals surface area contributed by atoms with Crippen LogP contribution in [0.1, 0.15) is 23.1 Å². The Kier molecular flexibility index (Phi) is 5.48. The first-order valence-electron chi connectivity index (χ1n) is 9.42. The second kappa shape index (κ2) is 8.53. The molecule has 3 aromatic rings. The average molecular weight is 370 g/mol. The van der Waals surface area contributed by atoms with E-state index in [1.165, 1.54) is 0 Å². The number of para-hydroxylation sites is 2. The lowest BCUT2D eigenvalue weighted by atomic mass is 10.2. The van der Waals surface area contributed by atoms with Crippen molar-refractivity contribution in [2.24, 2.45) is 9.98 Å². The molecule has 0 bridgehead atoms. The highest BCUT2D eigenvalue weighted by Gasteiger charge is 2.06. The fraction of sp³-hybridized carbons (Fsp3) is 0.167. The fourth-order valence-electron chi connectivity index (χ4n) is 2.98. The van der Waals surface area contributed by atoms with Crippen LogP contribution in [0.25, 0.3) is 0 Å². The summed E-state index contributed by atoms with van der Waals surface area (Å²) in [5.41, 5.74) is 4.65. The monoisotopic (exact) mass is 370 g/mol. The molecular formula is C24H22N2O2. The first kappa shape index (κ1) is 18.0. The van der Waals surface area contributed by atoms with E-state index in [0.29, 0.717) is 13.2 Å². The summed E-state index contributed by atoms with van der Waals surface area (Å²) in [5, 5.41) is 0. The van der Waals surface area contributed by atoms with Crippen LogP contribution in [0.5, 0.6) is 11.5 Å². The van der Waals surface area contributed by atoms with E-state index in [1.807, 2.05) is 79.2 Å². The van der Waals surface area contributed by atoms with Gasteiger partial charge in [0.25, 0.3) is 0 Å². The minimum atomic E-state index is 0.580. The molecule has 0 aliphatic carbocycles. The van der Waals surface area contributed by atoms with Crippen molar-refractivity contribution in [1.82, 2.24) is 0 Å². The van der Waals surface area contributed by atoms with Gasteiger partial charge in [-0.2, -0.15) is 0 Å². The Labute approximate surface area is 165 Å². The van der Waals surface area contributed by atoms with Crippen LogP contribution in [-0.2, 0) is 0 Å². The summed E-state index contributed by atoms with van der Waals surface area (Å²) in [7, 11) is 0. The summed E-state index contributed by atoms with van der Waals surface area (Å²) < 4.78 is 11.9. The Hall–Kier alpha value is -3.40. The Bertz CT molecular complexity index is 1020. The first-order chi connectivity index (χ1) is 13.8. The molecule has 0 aromatic heterocycles. The predicted molar refractivity (Wildman–Crippen MR) is 114 cm³/mol. The van der Waals surface area contributed by atoms with Crippen LogP contribution in [0.4, 0.5) is 11.4 Å². The minimum absolute atomic E-state index is 0.580. The predicted octanol–water partition coefficient (Wildman–Crippen LogP) is 5.66. The Morgan fingerprint density at radius 1 is 0.679 bits per heavy atom. The van der Waals surface area contributed by atoms with E-state index in [4.69, 9.17) is 14.5 Å². The van der Waals surface area contributed by atoms with Gasteiger partial charge in [0, 0.05) is 30.0 Å². The van der Waals surface area contributed by atoms with Crippen LogP contribution in [0, 0.1) is 6.92 Å². The highest BCUT2D eigenvalue weighted by molar-refractivity contribution is 5.89. The zero-order valence-electron chi connectivity index (χ0n) is 15.8. The van der Waals surface area contributed by atoms with Gasteiger partial charge in [0.2, 0.25) is 0 Å². The molecule has 1 aliphatic rings. The molecule has 0 radical (unpaired) electrons. The maximum Gasteiger partial charge on any atom is 0.128 e. The van der Waals surface area contributed by atoms with Crippen molar-refractivity contribution < 1.29 is 9.47 Å². The van der Waals surface area contributed by atoms with Gasteiger partial charge in [-0.3, -0.25) is 9.98 Å². The topological polar surface area (TPSA) is 43.2 Å². The third-order valence-electron chi connectivity index (χ3n) is 4.46. The molecule has 3 aromatic carbocycles. The molecule has 0 amide bonds. The van der Waals surface area contributed by atoms with E-state index < -0.39 is 0 Å². The summed E-state index contributed by atoms with van der Waals surface area (Å²) in [6, 6.07) is 21.9. The van der Waals surface area contributed by atoms with Gasteiger partial charge in [-0.1, -0.05) is 30.3 Å². The molecule has 0 fully saturated rings. The van der Waals surface area contributed by atoms with E-state index >= 15 is 0 Å². The number of aliphatic imine (C=N–C) groups is 2. The SMILES string of the molecule is Cc1ccc2c(c1)N=Cc1ccccc1OCCCOc1ccccc1C=N2. The van der Waals surface area contributed by atoms with E-state index in [-0.39, 0.29) is 0 Å². The molecule has 0 saturated heterocycles. The second-order valence-electron chi connectivity index (χ2n) is 6.63. The third kappa shape index (κ3) is 4.29. The normalized spacial score (nSPS) is 13.8. The van der Waals surface area contributed by atoms with Crippen molar-refractivity contribution >= 4 is 23.8 Å². The number of ether oxygens (including phenoxy) is 2. The number of rotatable bonds is 0. The highest BCUT2D eigenvalue weighted by atomic mass is 16.5. The zero-order chi connectivity index (χ0) is 19.2. The lowest BCUT2D eigenvalue weighted by Gasteiger charge is -2.11. The molecule has 28 heavy (non-hydrogen) atoms. The Morgan fingerprint density at radius 3 is 1.89 bits per heavy atom. The molecule has 0 saturated carbocycles. The highest BCUT2D eigenvalue weighted by Crippen LogP contribution is 2.30. The van der Waals surface area contributed by atoms with Gasteiger partial charge in [-0.25, -0.2) is 0 Å². The quantitative estimate of drug-likeness (QED) is 0.513. The molecule has 0 atom stereocenters. The molecule has 1 aliphatic heterocycles. The van der Waals surface area contributed by atoms with Gasteiger partial charge in [0.05, 0.1) is 24.6 Å². The Balaban J connectivity index is 1.77. The average Bonchev–Trinajstić information content (AvgIpc) is 2.73. The summed E-state index contributed by atoms with van der Waals surface area (Å²) in [6.07, 6.45) is 4.46. The molecule has 4 nitrogen and oxygen atoms in total. The van der Waals surface area contributed by atoms with E-state index in [2.05, 4.69) is 11.9 Å². The standard InChI is InChI=1S/C24H22N2O2/c1-18-11-12-21-22(15-18)26-17-20-8-3-5-10-24(20)28-14-6-13-27-23-9-4-2-7-19(23)16-25-21/h2-5,7-12,15-17H,6,13-14H2,1H3. The molecule has 1 heterocycles. The van der Waals surface area contributed by atoms with Gasteiger partial charge < -0.3 is 9.47 Å². The minimum Gasteiger partial charge on any atom is -0.493 e. The molecular weight excluding hydrogens is 348 g/mol. The molecule has 140 valence electrons. The van der Waals surface area contributed by atoms with Crippen molar-refractivity contribution in [3.8, 4) is 11.5 Å². The van der Waals surface area contributed by atoms with Crippen LogP contribution < -0.4 is 9.47 Å². The molecule has 4 heteroatoms. The van der Waals surface area contributed by atoms with Crippen molar-refractivity contribution in [1.29, 1.82) is 0 Å². The molecule has 0 unspecified atom stereocenters. The lowest BCUT2D eigenvalue weighted by Crippen LogP contribution is -2.07. The van der Waals surface area contributed by atoms with Crippen LogP contribution in [0.2, 0.25) is 0 Å². The smallest absolute Gasteiger partial charge is 0.128 e. The molecule has 0 spiro atoms. The number of aryl methyl sites for hydroxylation is 1. The van der Waals surface area contributed by atoms with E-state index in [9.17, 15) is 0 Å². The lowest BCUT2D eigenvalue weighted by molar-refractivity contribution is 0.247. The largest absolute Gasteiger partial charge is 0.493 e. The van der Waals surface area contributed by atoms with Crippen LogP contribution in [0.15, 0.2) is 76.7 Å². The number of fused-ring (bicyclic) bond motifs is 3. The summed E-state index contributed by atoms with van der Waals surface area (Å²) in [4.78, 5) is 9.39. The number of benzene rings is 3. The maximum absolute atomic E-state index is 5.96. The van der Waals surface area contributed by atoms with Gasteiger partial charge in [-0.15, -0.1) is 0 Å². The van der Waals surface area contributed by atoms with Crippen molar-refractivity contribution in [2.75, 3.05) is 13.2 Å². The summed E-state index contributed by atoms with van der Waals surface area (Å²) >= 11 is 0. The van der Waals surface area contributed by atoms with Crippen LogP contribution in [0.3, 0.4) is 0 Å². The Morgan fingerprint density at radius 2 is 1.25 bits per heavy atom. The zero-order valence-corrected chi connectivity index (χ0v) is 15.8. The van der Waals surface area contributed by atoms with Crippen molar-refractivity contribution in [2.45, 2.75) is 13.3 Å². The third-order valence-corrected chi connectivity index (χ3v) is 4.46. The number of hydrogen-bond donors (Lipinski definition) is 0. The number of nitrogens with zero attached hydrogens (tertiary/aromatic N) is 2. The van der Waals surface area contributed by atoms with Gasteiger partial charge in [0.1, 0.15) is 11.5 Å². The fourth-order valence-corrected chi connectivity index (χ4v) is 2.98. The molecule has 0 N–H and O–H groups in total. The van der Waals surface area contributed by atoms with Crippen LogP contribution in [-0.4, -0.2) is 25.6 Å². The van der Waals surface area contributed by atoms with E-state index in [1.54, 1.807) is 0 Å². The molecule has 4 rings (SSSR count). The van der Waals surface area contributed by atoms with Crippen molar-refractivity contribution in [3.05, 3.63) is 83.4 Å². The number of hydrogen-bond acceptors (Lipinski definition) is 4. The van der Waals surface area contributed by atoms with E-state index in [0.717, 1.165) is 46.0 Å². The van der Waals surface area contributed by atoms with Gasteiger partial charge in [-0.05, 0) is 48.9 Å². The van der Waals surface area contributed by atoms with Gasteiger partial charge in [0.15, 0.2) is 0 Å². The summed E-state index contributed by atoms with van der Waals surface area (Å²) in [5.74, 6) is 1.64.